The number of ether oxygens (including phenoxy) is 2. The van der Waals surface area contributed by atoms with Crippen molar-refractivity contribution in [3.8, 4) is 0 Å². The third kappa shape index (κ3) is 23.5. The van der Waals surface area contributed by atoms with Crippen molar-refractivity contribution < 1.29 is 24.8 Å². The van der Waals surface area contributed by atoms with E-state index in [1.807, 2.05) is 0 Å². The Morgan fingerprint density at radius 2 is 1.50 bits per heavy atom. The number of rotatable bonds is 9. The summed E-state index contributed by atoms with van der Waals surface area (Å²) in [6.07, 6.45) is 1.72. The van der Waals surface area contributed by atoms with E-state index in [-0.39, 0.29) is 13.2 Å². The molecule has 0 aliphatic rings. The molecule has 0 aromatic heterocycles. The van der Waals surface area contributed by atoms with E-state index in [2.05, 4.69) is 6.92 Å². The molecule has 5 heteroatoms. The average molecular weight is 238 g/mol. The van der Waals surface area contributed by atoms with Gasteiger partial charge in [0.1, 0.15) is 0 Å². The van der Waals surface area contributed by atoms with Crippen LogP contribution in [0.15, 0.2) is 0 Å². The lowest BCUT2D eigenvalue weighted by atomic mass is 10.4. The SMILES string of the molecule is CC(O)CO.CCCCOCCOCCO. The minimum Gasteiger partial charge on any atom is -0.394 e. The van der Waals surface area contributed by atoms with Gasteiger partial charge in [-0.15, -0.1) is 0 Å². The molecule has 0 heterocycles. The fourth-order valence-corrected chi connectivity index (χ4v) is 0.633. The van der Waals surface area contributed by atoms with Crippen LogP contribution in [0.25, 0.3) is 0 Å². The smallest absolute Gasteiger partial charge is 0.0742 e. The van der Waals surface area contributed by atoms with Gasteiger partial charge in [0.25, 0.3) is 0 Å². The first-order valence-corrected chi connectivity index (χ1v) is 5.74. The van der Waals surface area contributed by atoms with Crippen molar-refractivity contribution in [2.45, 2.75) is 32.8 Å². The molecule has 0 spiro atoms. The van der Waals surface area contributed by atoms with E-state index >= 15 is 0 Å². The largest absolute Gasteiger partial charge is 0.394 e. The summed E-state index contributed by atoms with van der Waals surface area (Å²) < 4.78 is 10.2. The van der Waals surface area contributed by atoms with E-state index in [1.54, 1.807) is 0 Å². The van der Waals surface area contributed by atoms with Crippen LogP contribution in [0.3, 0.4) is 0 Å². The lowest BCUT2D eigenvalue weighted by Crippen LogP contribution is -2.07. The van der Waals surface area contributed by atoms with Crippen LogP contribution < -0.4 is 0 Å². The molecule has 16 heavy (non-hydrogen) atoms. The van der Waals surface area contributed by atoms with Crippen LogP contribution in [-0.2, 0) is 9.47 Å². The quantitative estimate of drug-likeness (QED) is 0.499. The highest BCUT2D eigenvalue weighted by Gasteiger charge is 1.87. The zero-order valence-electron chi connectivity index (χ0n) is 10.4. The lowest BCUT2D eigenvalue weighted by molar-refractivity contribution is 0.0324. The van der Waals surface area contributed by atoms with Gasteiger partial charge in [-0.3, -0.25) is 0 Å². The summed E-state index contributed by atoms with van der Waals surface area (Å²) in [7, 11) is 0. The Morgan fingerprint density at radius 3 is 1.88 bits per heavy atom. The minimum absolute atomic E-state index is 0.0922. The van der Waals surface area contributed by atoms with E-state index in [0.29, 0.717) is 19.8 Å². The standard InChI is InChI=1S/C8H18O3.C3H8O2/c1-2-3-5-10-7-8-11-6-4-9;1-3(5)2-4/h9H,2-8H2,1H3;3-5H,2H2,1H3. The summed E-state index contributed by atoms with van der Waals surface area (Å²) >= 11 is 0. The summed E-state index contributed by atoms with van der Waals surface area (Å²) in [6, 6.07) is 0. The summed E-state index contributed by atoms with van der Waals surface area (Å²) in [5.74, 6) is 0. The van der Waals surface area contributed by atoms with Gasteiger partial charge >= 0.3 is 0 Å². The Bertz CT molecular complexity index is 101. The minimum atomic E-state index is -0.560. The summed E-state index contributed by atoms with van der Waals surface area (Å²) in [5, 5.41) is 24.3. The van der Waals surface area contributed by atoms with E-state index in [4.69, 9.17) is 24.8 Å². The molecule has 0 aliphatic carbocycles. The molecule has 100 valence electrons. The molecule has 0 fully saturated rings. The zero-order chi connectivity index (χ0) is 12.6. The maximum absolute atomic E-state index is 8.34. The van der Waals surface area contributed by atoms with E-state index in [0.717, 1.165) is 19.4 Å². The first kappa shape index (κ1) is 18.2. The van der Waals surface area contributed by atoms with Crippen molar-refractivity contribution in [2.24, 2.45) is 0 Å². The molecule has 0 aliphatic heterocycles. The van der Waals surface area contributed by atoms with Gasteiger partial charge in [-0.25, -0.2) is 0 Å². The molecule has 0 rings (SSSR count). The zero-order valence-corrected chi connectivity index (χ0v) is 10.4. The van der Waals surface area contributed by atoms with Crippen molar-refractivity contribution >= 4 is 0 Å². The van der Waals surface area contributed by atoms with Crippen LogP contribution >= 0.6 is 0 Å². The highest BCUT2D eigenvalue weighted by atomic mass is 16.5. The van der Waals surface area contributed by atoms with Crippen molar-refractivity contribution in [3.05, 3.63) is 0 Å². The van der Waals surface area contributed by atoms with Crippen LogP contribution in [0, 0.1) is 0 Å². The van der Waals surface area contributed by atoms with Crippen LogP contribution in [0.5, 0.6) is 0 Å². The highest BCUT2D eigenvalue weighted by molar-refractivity contribution is 4.34. The predicted octanol–water partition coefficient (Wildman–Crippen LogP) is 0.171. The number of aliphatic hydroxyl groups is 3. The molecule has 5 nitrogen and oxygen atoms in total. The maximum atomic E-state index is 8.34. The number of aliphatic hydroxyl groups excluding tert-OH is 3. The van der Waals surface area contributed by atoms with Gasteiger partial charge in [-0.1, -0.05) is 13.3 Å². The average Bonchev–Trinajstić information content (AvgIpc) is 2.29. The molecule has 0 radical (unpaired) electrons. The Morgan fingerprint density at radius 1 is 1.00 bits per heavy atom. The van der Waals surface area contributed by atoms with Gasteiger partial charge < -0.3 is 24.8 Å². The molecule has 0 aromatic rings. The van der Waals surface area contributed by atoms with Gasteiger partial charge in [0.2, 0.25) is 0 Å². The lowest BCUT2D eigenvalue weighted by Gasteiger charge is -2.02. The second kappa shape index (κ2) is 17.2. The maximum Gasteiger partial charge on any atom is 0.0742 e. The van der Waals surface area contributed by atoms with Crippen molar-refractivity contribution in [3.63, 3.8) is 0 Å². The summed E-state index contributed by atoms with van der Waals surface area (Å²) in [6.45, 7) is 6.07. The van der Waals surface area contributed by atoms with E-state index < -0.39 is 6.10 Å². The van der Waals surface area contributed by atoms with Gasteiger partial charge in [-0.05, 0) is 13.3 Å². The Balaban J connectivity index is 0. The topological polar surface area (TPSA) is 79.2 Å². The molecular weight excluding hydrogens is 212 g/mol. The van der Waals surface area contributed by atoms with Crippen LogP contribution in [0.4, 0.5) is 0 Å². The second-order valence-electron chi connectivity index (χ2n) is 3.33. The third-order valence-corrected chi connectivity index (χ3v) is 1.51. The Kier molecular flexibility index (Phi) is 19.5. The molecule has 0 saturated heterocycles. The van der Waals surface area contributed by atoms with Crippen molar-refractivity contribution in [2.75, 3.05) is 39.6 Å². The molecule has 1 unspecified atom stereocenters. The van der Waals surface area contributed by atoms with Crippen LogP contribution in [-0.4, -0.2) is 61.1 Å². The van der Waals surface area contributed by atoms with Crippen molar-refractivity contribution in [1.82, 2.24) is 0 Å². The molecule has 0 saturated carbocycles. The van der Waals surface area contributed by atoms with Gasteiger partial charge in [0.15, 0.2) is 0 Å². The molecule has 3 N–H and O–H groups in total. The van der Waals surface area contributed by atoms with Gasteiger partial charge in [0, 0.05) is 6.61 Å². The molecule has 0 aromatic carbocycles. The normalized spacial score (nSPS) is 11.8. The van der Waals surface area contributed by atoms with E-state index in [9.17, 15) is 0 Å². The third-order valence-electron chi connectivity index (χ3n) is 1.51. The van der Waals surface area contributed by atoms with Gasteiger partial charge in [-0.2, -0.15) is 0 Å². The Hall–Kier alpha value is -0.200. The number of hydrogen-bond donors (Lipinski definition) is 3. The monoisotopic (exact) mass is 238 g/mol. The molecular formula is C11H26O5. The number of hydrogen-bond acceptors (Lipinski definition) is 5. The summed E-state index contributed by atoms with van der Waals surface area (Å²) in [5.41, 5.74) is 0. The molecule has 0 bridgehead atoms. The number of unbranched alkanes of at least 4 members (excludes halogenated alkanes) is 1. The summed E-state index contributed by atoms with van der Waals surface area (Å²) in [4.78, 5) is 0. The van der Waals surface area contributed by atoms with Crippen LogP contribution in [0.2, 0.25) is 0 Å². The van der Waals surface area contributed by atoms with Crippen LogP contribution in [0.1, 0.15) is 26.7 Å². The Labute approximate surface area is 98.0 Å². The molecule has 1 atom stereocenters. The molecule has 0 amide bonds. The second-order valence-corrected chi connectivity index (χ2v) is 3.33. The first-order valence-electron chi connectivity index (χ1n) is 5.74. The predicted molar refractivity (Wildman–Crippen MR) is 62.4 cm³/mol. The fraction of sp³-hybridized carbons (Fsp3) is 1.00. The van der Waals surface area contributed by atoms with E-state index in [1.165, 1.54) is 6.92 Å². The first-order chi connectivity index (χ1) is 7.68. The van der Waals surface area contributed by atoms with Gasteiger partial charge in [0.05, 0.1) is 39.1 Å². The fourth-order valence-electron chi connectivity index (χ4n) is 0.633. The highest BCUT2D eigenvalue weighted by Crippen LogP contribution is 1.87. The van der Waals surface area contributed by atoms with Crippen molar-refractivity contribution in [1.29, 1.82) is 0 Å².